The first-order valence-corrected chi connectivity index (χ1v) is 5.21. The zero-order valence-corrected chi connectivity index (χ0v) is 9.93. The second kappa shape index (κ2) is 4.01. The van der Waals surface area contributed by atoms with Gasteiger partial charge in [0, 0.05) is 13.1 Å². The number of hydrogen-bond donors (Lipinski definition) is 1. The fraction of sp³-hybridized carbons (Fsp3) is 0.250. The zero-order chi connectivity index (χ0) is 12.6. The van der Waals surface area contributed by atoms with E-state index in [-0.39, 0.29) is 0 Å². The van der Waals surface area contributed by atoms with E-state index in [2.05, 4.69) is 10.3 Å². The molecular formula is C12H13N3O2. The Balaban J connectivity index is 2.67. The van der Waals surface area contributed by atoms with Gasteiger partial charge in [0.05, 0.1) is 5.52 Å². The van der Waals surface area contributed by atoms with Crippen LogP contribution in [0.25, 0.3) is 17.1 Å². The summed E-state index contributed by atoms with van der Waals surface area (Å²) in [6.45, 7) is 3.88. The summed E-state index contributed by atoms with van der Waals surface area (Å²) in [5.41, 5.74) is 4.63. The molecule has 0 amide bonds. The standard InChI is InChI=1S/C12H13N3O2/c1-7-6-9(4-5-10(16)17)8(2)11-12(7)15(3)14-13-11/h4-6H,1-3H3,(H,16,17)/b5-4+. The number of aryl methyl sites for hydroxylation is 3. The maximum absolute atomic E-state index is 10.5. The first kappa shape index (κ1) is 11.3. The summed E-state index contributed by atoms with van der Waals surface area (Å²) in [7, 11) is 1.84. The minimum atomic E-state index is -0.957. The highest BCUT2D eigenvalue weighted by molar-refractivity contribution is 5.89. The van der Waals surface area contributed by atoms with Crippen LogP contribution >= 0.6 is 0 Å². The smallest absolute Gasteiger partial charge is 0.328 e. The van der Waals surface area contributed by atoms with E-state index < -0.39 is 5.97 Å². The van der Waals surface area contributed by atoms with Crippen molar-refractivity contribution in [2.24, 2.45) is 7.05 Å². The number of benzene rings is 1. The summed E-state index contributed by atoms with van der Waals surface area (Å²) in [4.78, 5) is 10.5. The molecule has 5 nitrogen and oxygen atoms in total. The average molecular weight is 231 g/mol. The van der Waals surface area contributed by atoms with E-state index in [0.717, 1.165) is 33.8 Å². The molecule has 0 radical (unpaired) electrons. The van der Waals surface area contributed by atoms with Crippen molar-refractivity contribution in [2.75, 3.05) is 0 Å². The molecule has 0 unspecified atom stereocenters. The van der Waals surface area contributed by atoms with Crippen LogP contribution in [-0.4, -0.2) is 26.1 Å². The van der Waals surface area contributed by atoms with Gasteiger partial charge in [-0.05, 0) is 42.7 Å². The molecule has 2 rings (SSSR count). The first-order valence-electron chi connectivity index (χ1n) is 5.21. The van der Waals surface area contributed by atoms with Crippen LogP contribution < -0.4 is 0 Å². The van der Waals surface area contributed by atoms with Gasteiger partial charge in [-0.2, -0.15) is 0 Å². The Morgan fingerprint density at radius 2 is 2.18 bits per heavy atom. The molecule has 1 aromatic carbocycles. The quantitative estimate of drug-likeness (QED) is 0.798. The Labute approximate surface area is 98.4 Å². The Bertz CT molecular complexity index is 626. The largest absolute Gasteiger partial charge is 0.478 e. The first-order chi connectivity index (χ1) is 8.00. The average Bonchev–Trinajstić information content (AvgIpc) is 2.64. The monoisotopic (exact) mass is 231 g/mol. The highest BCUT2D eigenvalue weighted by Gasteiger charge is 2.10. The number of nitrogens with zero attached hydrogens (tertiary/aromatic N) is 3. The van der Waals surface area contributed by atoms with Crippen molar-refractivity contribution >= 4 is 23.1 Å². The predicted octanol–water partition coefficient (Wildman–Crippen LogP) is 1.68. The number of aliphatic carboxylic acids is 1. The van der Waals surface area contributed by atoms with E-state index >= 15 is 0 Å². The molecule has 0 saturated heterocycles. The molecule has 1 heterocycles. The molecule has 5 heteroatoms. The molecule has 0 fully saturated rings. The van der Waals surface area contributed by atoms with E-state index in [9.17, 15) is 4.79 Å². The summed E-state index contributed by atoms with van der Waals surface area (Å²) in [6, 6.07) is 1.94. The molecule has 0 bridgehead atoms. The van der Waals surface area contributed by atoms with Gasteiger partial charge in [-0.3, -0.25) is 0 Å². The van der Waals surface area contributed by atoms with Gasteiger partial charge in [0.1, 0.15) is 5.52 Å². The molecule has 1 N–H and O–H groups in total. The molecule has 0 aliphatic rings. The van der Waals surface area contributed by atoms with Crippen LogP contribution in [0.1, 0.15) is 16.7 Å². The lowest BCUT2D eigenvalue weighted by Crippen LogP contribution is -1.94. The Morgan fingerprint density at radius 1 is 1.47 bits per heavy atom. The lowest BCUT2D eigenvalue weighted by atomic mass is 10.0. The second-order valence-corrected chi connectivity index (χ2v) is 3.99. The van der Waals surface area contributed by atoms with Crippen molar-refractivity contribution in [1.82, 2.24) is 15.0 Å². The fourth-order valence-corrected chi connectivity index (χ4v) is 1.93. The predicted molar refractivity (Wildman–Crippen MR) is 64.7 cm³/mol. The molecule has 0 aliphatic carbocycles. The highest BCUT2D eigenvalue weighted by Crippen LogP contribution is 2.23. The number of carboxylic acids is 1. The molecule has 1 aromatic heterocycles. The van der Waals surface area contributed by atoms with Crippen LogP contribution in [0.4, 0.5) is 0 Å². The number of aromatic nitrogens is 3. The minimum absolute atomic E-state index is 0.817. The summed E-state index contributed by atoms with van der Waals surface area (Å²) in [5.74, 6) is -0.957. The normalized spacial score (nSPS) is 11.5. The minimum Gasteiger partial charge on any atom is -0.478 e. The number of hydrogen-bond acceptors (Lipinski definition) is 3. The Morgan fingerprint density at radius 3 is 2.82 bits per heavy atom. The Kier molecular flexibility index (Phi) is 2.67. The van der Waals surface area contributed by atoms with Crippen LogP contribution in [0.15, 0.2) is 12.1 Å². The van der Waals surface area contributed by atoms with Crippen molar-refractivity contribution in [3.05, 3.63) is 28.8 Å². The lowest BCUT2D eigenvalue weighted by Gasteiger charge is -2.05. The zero-order valence-electron chi connectivity index (χ0n) is 9.93. The third kappa shape index (κ3) is 1.91. The number of rotatable bonds is 2. The number of carboxylic acid groups (broad SMARTS) is 1. The summed E-state index contributed by atoms with van der Waals surface area (Å²) >= 11 is 0. The highest BCUT2D eigenvalue weighted by atomic mass is 16.4. The van der Waals surface area contributed by atoms with Crippen LogP contribution in [0.5, 0.6) is 0 Å². The maximum atomic E-state index is 10.5. The van der Waals surface area contributed by atoms with Gasteiger partial charge in [-0.1, -0.05) is 5.21 Å². The van der Waals surface area contributed by atoms with Gasteiger partial charge in [0.25, 0.3) is 0 Å². The van der Waals surface area contributed by atoms with Crippen molar-refractivity contribution in [3.8, 4) is 0 Å². The summed E-state index contributed by atoms with van der Waals surface area (Å²) in [5, 5.41) is 16.7. The molecule has 0 saturated carbocycles. The van der Waals surface area contributed by atoms with Crippen LogP contribution in [-0.2, 0) is 11.8 Å². The molecule has 17 heavy (non-hydrogen) atoms. The topological polar surface area (TPSA) is 68.0 Å². The van der Waals surface area contributed by atoms with Gasteiger partial charge in [-0.15, -0.1) is 5.10 Å². The van der Waals surface area contributed by atoms with Crippen LogP contribution in [0.3, 0.4) is 0 Å². The third-order valence-electron chi connectivity index (χ3n) is 2.77. The molecular weight excluding hydrogens is 218 g/mol. The number of carbonyl (C=O) groups is 1. The van der Waals surface area contributed by atoms with E-state index in [0.29, 0.717) is 0 Å². The second-order valence-electron chi connectivity index (χ2n) is 3.99. The van der Waals surface area contributed by atoms with Crippen molar-refractivity contribution < 1.29 is 9.90 Å². The Hall–Kier alpha value is -2.17. The van der Waals surface area contributed by atoms with Gasteiger partial charge < -0.3 is 5.11 Å². The maximum Gasteiger partial charge on any atom is 0.328 e. The van der Waals surface area contributed by atoms with Crippen molar-refractivity contribution in [3.63, 3.8) is 0 Å². The fourth-order valence-electron chi connectivity index (χ4n) is 1.93. The van der Waals surface area contributed by atoms with E-state index in [1.165, 1.54) is 0 Å². The van der Waals surface area contributed by atoms with Gasteiger partial charge in [0.15, 0.2) is 0 Å². The summed E-state index contributed by atoms with van der Waals surface area (Å²) in [6.07, 6.45) is 2.71. The molecule has 88 valence electrons. The molecule has 0 spiro atoms. The van der Waals surface area contributed by atoms with Gasteiger partial charge >= 0.3 is 5.97 Å². The van der Waals surface area contributed by atoms with Crippen LogP contribution in [0, 0.1) is 13.8 Å². The SMILES string of the molecule is Cc1c(/C=C/C(=O)O)cc(C)c2c1nnn2C. The molecule has 0 atom stereocenters. The van der Waals surface area contributed by atoms with Crippen LogP contribution in [0.2, 0.25) is 0 Å². The van der Waals surface area contributed by atoms with Crippen molar-refractivity contribution in [2.45, 2.75) is 13.8 Å². The summed E-state index contributed by atoms with van der Waals surface area (Å²) < 4.78 is 1.72. The van der Waals surface area contributed by atoms with Gasteiger partial charge in [0.2, 0.25) is 0 Å². The molecule has 2 aromatic rings. The number of fused-ring (bicyclic) bond motifs is 1. The van der Waals surface area contributed by atoms with Gasteiger partial charge in [-0.25, -0.2) is 9.48 Å². The van der Waals surface area contributed by atoms with E-state index in [4.69, 9.17) is 5.11 Å². The van der Waals surface area contributed by atoms with E-state index in [1.807, 2.05) is 27.0 Å². The third-order valence-corrected chi connectivity index (χ3v) is 2.77. The lowest BCUT2D eigenvalue weighted by molar-refractivity contribution is -0.131. The molecule has 0 aliphatic heterocycles. The van der Waals surface area contributed by atoms with Crippen molar-refractivity contribution in [1.29, 1.82) is 0 Å². The van der Waals surface area contributed by atoms with E-state index in [1.54, 1.807) is 10.8 Å².